The summed E-state index contributed by atoms with van der Waals surface area (Å²) in [5.41, 5.74) is 1.52. The number of hydrogen-bond donors (Lipinski definition) is 0. The van der Waals surface area contributed by atoms with Crippen LogP contribution in [0.5, 0.6) is 0 Å². The minimum atomic E-state index is -0.836. The normalized spacial score (nSPS) is 10.3. The number of likely N-dealkylation sites (N-methyl/N-ethyl adjacent to an activating group) is 1. The van der Waals surface area contributed by atoms with Gasteiger partial charge in [0.25, 0.3) is 11.6 Å². The highest BCUT2D eigenvalue weighted by molar-refractivity contribution is 6.32. The molecule has 0 aliphatic carbocycles. The number of benzene rings is 2. The molecule has 8 nitrogen and oxygen atoms in total. The third kappa shape index (κ3) is 5.43. The Morgan fingerprint density at radius 2 is 1.75 bits per heavy atom. The minimum absolute atomic E-state index is 0.0502. The van der Waals surface area contributed by atoms with Crippen LogP contribution in [0.2, 0.25) is 5.02 Å². The van der Waals surface area contributed by atoms with Gasteiger partial charge >= 0.3 is 5.97 Å². The third-order valence-electron chi connectivity index (χ3n) is 4.00. The number of carbonyl (C=O) groups is 2. The van der Waals surface area contributed by atoms with Crippen molar-refractivity contribution in [3.8, 4) is 0 Å². The maximum Gasteiger partial charge on any atom is 0.338 e. The van der Waals surface area contributed by atoms with E-state index in [4.69, 9.17) is 16.3 Å². The lowest BCUT2D eigenvalue weighted by molar-refractivity contribution is -0.384. The van der Waals surface area contributed by atoms with Crippen LogP contribution in [0.4, 0.5) is 11.4 Å². The highest BCUT2D eigenvalue weighted by atomic mass is 35.5. The van der Waals surface area contributed by atoms with E-state index in [1.807, 2.05) is 43.3 Å². The molecule has 0 saturated heterocycles. The smallest absolute Gasteiger partial charge is 0.338 e. The van der Waals surface area contributed by atoms with Gasteiger partial charge in [0.15, 0.2) is 6.61 Å². The van der Waals surface area contributed by atoms with Crippen LogP contribution in [0.3, 0.4) is 0 Å². The molecule has 0 aliphatic heterocycles. The lowest BCUT2D eigenvalue weighted by Gasteiger charge is -2.18. The molecule has 0 unspecified atom stereocenters. The maximum atomic E-state index is 12.2. The highest BCUT2D eigenvalue weighted by Crippen LogP contribution is 2.25. The topological polar surface area (TPSA) is 93.0 Å². The molecule has 0 N–H and O–H groups in total. The van der Waals surface area contributed by atoms with Gasteiger partial charge in [-0.3, -0.25) is 14.9 Å². The first kappa shape index (κ1) is 21.2. The number of carbonyl (C=O) groups excluding carboxylic acids is 2. The molecular formula is C19H20ClN3O5. The van der Waals surface area contributed by atoms with E-state index >= 15 is 0 Å². The number of rotatable bonds is 7. The first-order valence-electron chi connectivity index (χ1n) is 8.30. The fraction of sp³-hybridized carbons (Fsp3) is 0.263. The quantitative estimate of drug-likeness (QED) is 0.399. The Morgan fingerprint density at radius 3 is 2.32 bits per heavy atom. The van der Waals surface area contributed by atoms with Crippen LogP contribution in [-0.2, 0) is 16.1 Å². The second-order valence-corrected chi connectivity index (χ2v) is 6.72. The van der Waals surface area contributed by atoms with Crippen molar-refractivity contribution >= 4 is 34.9 Å². The zero-order valence-corrected chi connectivity index (χ0v) is 16.5. The molecule has 0 atom stereocenters. The fourth-order valence-electron chi connectivity index (χ4n) is 2.36. The van der Waals surface area contributed by atoms with Gasteiger partial charge in [-0.15, -0.1) is 0 Å². The van der Waals surface area contributed by atoms with E-state index in [-0.39, 0.29) is 10.6 Å². The van der Waals surface area contributed by atoms with E-state index in [2.05, 4.69) is 0 Å². The zero-order chi connectivity index (χ0) is 20.8. The second kappa shape index (κ2) is 9.18. The van der Waals surface area contributed by atoms with Gasteiger partial charge in [0.05, 0.1) is 10.5 Å². The number of nitro benzene ring substituents is 1. The van der Waals surface area contributed by atoms with Crippen molar-refractivity contribution < 1.29 is 19.2 Å². The Hall–Kier alpha value is -3.13. The monoisotopic (exact) mass is 405 g/mol. The number of hydrogen-bond acceptors (Lipinski definition) is 6. The standard InChI is InChI=1S/C19H20ClN3O5/c1-21(2)15-7-4-13(5-8-15)11-22(3)18(24)12-28-19(25)14-6-9-16(20)17(10-14)23(26)27/h4-10H,11-12H2,1-3H3. The maximum absolute atomic E-state index is 12.2. The number of nitrogens with zero attached hydrogens (tertiary/aromatic N) is 3. The molecule has 1 amide bonds. The number of halogens is 1. The minimum Gasteiger partial charge on any atom is -0.452 e. The lowest BCUT2D eigenvalue weighted by Crippen LogP contribution is -2.30. The Kier molecular flexibility index (Phi) is 6.94. The van der Waals surface area contributed by atoms with Gasteiger partial charge < -0.3 is 14.5 Å². The van der Waals surface area contributed by atoms with Crippen molar-refractivity contribution in [3.63, 3.8) is 0 Å². The van der Waals surface area contributed by atoms with Crippen LogP contribution < -0.4 is 4.90 Å². The summed E-state index contributed by atoms with van der Waals surface area (Å²) in [7, 11) is 5.48. The number of amides is 1. The third-order valence-corrected chi connectivity index (χ3v) is 4.32. The summed E-state index contributed by atoms with van der Waals surface area (Å²) in [5, 5.41) is 10.8. The van der Waals surface area contributed by atoms with Crippen LogP contribution >= 0.6 is 11.6 Å². The predicted molar refractivity (Wildman–Crippen MR) is 106 cm³/mol. The van der Waals surface area contributed by atoms with Crippen molar-refractivity contribution in [2.45, 2.75) is 6.54 Å². The van der Waals surface area contributed by atoms with Gasteiger partial charge in [-0.2, -0.15) is 0 Å². The second-order valence-electron chi connectivity index (χ2n) is 6.31. The summed E-state index contributed by atoms with van der Waals surface area (Å²) < 4.78 is 4.97. The van der Waals surface area contributed by atoms with Crippen molar-refractivity contribution in [2.75, 3.05) is 32.6 Å². The molecular weight excluding hydrogens is 386 g/mol. The Labute approximate surface area is 167 Å². The van der Waals surface area contributed by atoms with Gasteiger partial charge in [-0.25, -0.2) is 4.79 Å². The van der Waals surface area contributed by atoms with E-state index in [0.717, 1.165) is 17.3 Å². The van der Waals surface area contributed by atoms with E-state index < -0.39 is 29.1 Å². The molecule has 0 saturated carbocycles. The van der Waals surface area contributed by atoms with E-state index in [0.29, 0.717) is 6.54 Å². The van der Waals surface area contributed by atoms with Gasteiger partial charge in [-0.05, 0) is 29.8 Å². The molecule has 2 aromatic rings. The molecule has 0 fully saturated rings. The summed E-state index contributed by atoms with van der Waals surface area (Å²) in [4.78, 5) is 37.9. The molecule has 0 aromatic heterocycles. The summed E-state index contributed by atoms with van der Waals surface area (Å²) in [5.74, 6) is -1.23. The molecule has 2 aromatic carbocycles. The number of anilines is 1. The van der Waals surface area contributed by atoms with Crippen LogP contribution in [0.25, 0.3) is 0 Å². The first-order chi connectivity index (χ1) is 13.2. The molecule has 0 radical (unpaired) electrons. The van der Waals surface area contributed by atoms with Crippen molar-refractivity contribution in [1.29, 1.82) is 0 Å². The van der Waals surface area contributed by atoms with Crippen molar-refractivity contribution in [2.24, 2.45) is 0 Å². The summed E-state index contributed by atoms with van der Waals surface area (Å²) in [6.45, 7) is -0.113. The molecule has 0 heterocycles. The van der Waals surface area contributed by atoms with Crippen molar-refractivity contribution in [3.05, 3.63) is 68.7 Å². The van der Waals surface area contributed by atoms with E-state index in [9.17, 15) is 19.7 Å². The average Bonchev–Trinajstić information content (AvgIpc) is 2.66. The van der Waals surface area contributed by atoms with Crippen molar-refractivity contribution in [1.82, 2.24) is 4.90 Å². The molecule has 0 spiro atoms. The van der Waals surface area contributed by atoms with Crippen LogP contribution in [-0.4, -0.2) is 49.4 Å². The summed E-state index contributed by atoms with van der Waals surface area (Å²) >= 11 is 5.71. The fourth-order valence-corrected chi connectivity index (χ4v) is 2.55. The summed E-state index contributed by atoms with van der Waals surface area (Å²) in [6, 6.07) is 11.3. The number of esters is 1. The van der Waals surface area contributed by atoms with E-state index in [1.54, 1.807) is 7.05 Å². The van der Waals surface area contributed by atoms with Gasteiger partial charge in [0, 0.05) is 39.4 Å². The van der Waals surface area contributed by atoms with Crippen LogP contribution in [0.15, 0.2) is 42.5 Å². The Balaban J connectivity index is 1.92. The first-order valence-corrected chi connectivity index (χ1v) is 8.68. The zero-order valence-electron chi connectivity index (χ0n) is 15.7. The lowest BCUT2D eigenvalue weighted by atomic mass is 10.2. The van der Waals surface area contributed by atoms with Crippen LogP contribution in [0.1, 0.15) is 15.9 Å². The SMILES string of the molecule is CN(Cc1ccc(N(C)C)cc1)C(=O)COC(=O)c1ccc(Cl)c([N+](=O)[O-])c1. The van der Waals surface area contributed by atoms with Gasteiger partial charge in [0.1, 0.15) is 5.02 Å². The Morgan fingerprint density at radius 1 is 1.11 bits per heavy atom. The molecule has 28 heavy (non-hydrogen) atoms. The molecule has 148 valence electrons. The van der Waals surface area contributed by atoms with Crippen LogP contribution in [0, 0.1) is 10.1 Å². The van der Waals surface area contributed by atoms with Gasteiger partial charge in [-0.1, -0.05) is 23.7 Å². The summed E-state index contributed by atoms with van der Waals surface area (Å²) in [6.07, 6.45) is 0. The molecule has 0 bridgehead atoms. The van der Waals surface area contributed by atoms with Gasteiger partial charge in [0.2, 0.25) is 0 Å². The average molecular weight is 406 g/mol. The number of nitro groups is 1. The highest BCUT2D eigenvalue weighted by Gasteiger charge is 2.19. The molecule has 0 aliphatic rings. The molecule has 2 rings (SSSR count). The Bertz CT molecular complexity index is 884. The number of ether oxygens (including phenoxy) is 1. The van der Waals surface area contributed by atoms with E-state index in [1.165, 1.54) is 17.0 Å². The largest absolute Gasteiger partial charge is 0.452 e. The predicted octanol–water partition coefficient (Wildman–Crippen LogP) is 3.13. The molecule has 9 heteroatoms.